The summed E-state index contributed by atoms with van der Waals surface area (Å²) in [6.45, 7) is 0. The number of aromatic nitrogens is 2. The van der Waals surface area contributed by atoms with Crippen LogP contribution in [-0.2, 0) is 0 Å². The van der Waals surface area contributed by atoms with Crippen molar-refractivity contribution in [1.29, 1.82) is 0 Å². The van der Waals surface area contributed by atoms with Gasteiger partial charge in [0.15, 0.2) is 11.6 Å². The lowest BCUT2D eigenvalue weighted by Gasteiger charge is -2.06. The maximum Gasteiger partial charge on any atom is 0.165 e. The summed E-state index contributed by atoms with van der Waals surface area (Å²) >= 11 is 0. The van der Waals surface area contributed by atoms with Crippen LogP contribution in [-0.4, -0.2) is 17.3 Å². The minimum absolute atomic E-state index is 0. The first kappa shape index (κ1) is 12.5. The predicted octanol–water partition coefficient (Wildman–Crippen LogP) is 2.38. The van der Waals surface area contributed by atoms with Gasteiger partial charge in [-0.25, -0.2) is 4.39 Å². The largest absolute Gasteiger partial charge is 0.493 e. The maximum atomic E-state index is 13.4. The number of anilines is 1. The molecule has 6 heteroatoms. The highest BCUT2D eigenvalue weighted by Crippen LogP contribution is 2.31. The van der Waals surface area contributed by atoms with Crippen molar-refractivity contribution < 1.29 is 9.13 Å². The normalized spacial score (nSPS) is 9.62. The molecule has 0 unspecified atom stereocenters. The highest BCUT2D eigenvalue weighted by atomic mass is 79.9. The van der Waals surface area contributed by atoms with Crippen LogP contribution in [0.15, 0.2) is 24.3 Å². The summed E-state index contributed by atoms with van der Waals surface area (Å²) in [5.41, 5.74) is 6.70. The summed E-state index contributed by atoms with van der Waals surface area (Å²) < 4.78 is 18.3. The smallest absolute Gasteiger partial charge is 0.165 e. The van der Waals surface area contributed by atoms with Gasteiger partial charge in [-0.3, -0.25) is 5.10 Å². The summed E-state index contributed by atoms with van der Waals surface area (Å²) in [5.74, 6) is 0.126. The molecule has 0 atom stereocenters. The molecule has 0 spiro atoms. The summed E-state index contributed by atoms with van der Waals surface area (Å²) in [5, 5.41) is 6.47. The Morgan fingerprint density at radius 1 is 1.44 bits per heavy atom. The van der Waals surface area contributed by atoms with Crippen molar-refractivity contribution >= 4 is 22.8 Å². The Balaban J connectivity index is 0.00000128. The second kappa shape index (κ2) is 4.98. The fraction of sp³-hybridized carbons (Fsp3) is 0.100. The van der Waals surface area contributed by atoms with E-state index in [-0.39, 0.29) is 22.7 Å². The second-order valence-corrected chi connectivity index (χ2v) is 3.03. The number of methoxy groups -OCH3 is 1. The van der Waals surface area contributed by atoms with Crippen molar-refractivity contribution in [3.05, 3.63) is 30.1 Å². The topological polar surface area (TPSA) is 63.9 Å². The van der Waals surface area contributed by atoms with Crippen molar-refractivity contribution in [3.8, 4) is 17.0 Å². The first-order chi connectivity index (χ1) is 7.22. The molecule has 0 bridgehead atoms. The Morgan fingerprint density at radius 3 is 2.75 bits per heavy atom. The van der Waals surface area contributed by atoms with Gasteiger partial charge in [0.1, 0.15) is 5.82 Å². The predicted molar refractivity (Wildman–Crippen MR) is 65.3 cm³/mol. The molecule has 0 amide bonds. The van der Waals surface area contributed by atoms with Crippen LogP contribution in [0.3, 0.4) is 0 Å². The van der Waals surface area contributed by atoms with Gasteiger partial charge in [-0.2, -0.15) is 5.10 Å². The number of aromatic amines is 1. The van der Waals surface area contributed by atoms with E-state index >= 15 is 0 Å². The number of nitrogens with zero attached hydrogens (tertiary/aromatic N) is 1. The van der Waals surface area contributed by atoms with Crippen molar-refractivity contribution in [2.75, 3.05) is 12.8 Å². The van der Waals surface area contributed by atoms with Gasteiger partial charge in [0.05, 0.1) is 12.8 Å². The van der Waals surface area contributed by atoms with E-state index in [9.17, 15) is 4.39 Å². The molecule has 0 aliphatic carbocycles. The van der Waals surface area contributed by atoms with Crippen molar-refractivity contribution in [1.82, 2.24) is 10.2 Å². The average molecular weight is 288 g/mol. The van der Waals surface area contributed by atoms with Gasteiger partial charge >= 0.3 is 0 Å². The van der Waals surface area contributed by atoms with Crippen molar-refractivity contribution in [2.45, 2.75) is 0 Å². The Bertz CT molecular complexity index is 487. The second-order valence-electron chi connectivity index (χ2n) is 3.03. The number of ether oxygens (including phenoxy) is 1. The van der Waals surface area contributed by atoms with E-state index in [0.717, 1.165) is 0 Å². The number of hydrogen-bond acceptors (Lipinski definition) is 3. The third kappa shape index (κ3) is 2.16. The first-order valence-corrected chi connectivity index (χ1v) is 4.36. The van der Waals surface area contributed by atoms with E-state index in [1.165, 1.54) is 13.2 Å². The molecule has 0 saturated heterocycles. The number of hydrogen-bond donors (Lipinski definition) is 2. The zero-order valence-electron chi connectivity index (χ0n) is 8.53. The zero-order chi connectivity index (χ0) is 10.8. The minimum atomic E-state index is -0.414. The van der Waals surface area contributed by atoms with Crippen LogP contribution in [0.1, 0.15) is 0 Å². The Morgan fingerprint density at radius 2 is 2.19 bits per heavy atom. The molecule has 0 fully saturated rings. The summed E-state index contributed by atoms with van der Waals surface area (Å²) in [6.07, 6.45) is 0. The Labute approximate surface area is 102 Å². The molecular weight excluding hydrogens is 277 g/mol. The van der Waals surface area contributed by atoms with Gasteiger partial charge in [0.2, 0.25) is 0 Å². The molecule has 0 aliphatic heterocycles. The van der Waals surface area contributed by atoms with Crippen LogP contribution < -0.4 is 10.5 Å². The molecule has 0 aliphatic rings. The molecule has 16 heavy (non-hydrogen) atoms. The standard InChI is InChI=1S/C10H10FN3O.BrH/c1-15-10-6(3-2-4-7(10)11)8-5-9(12)14-13-8;/h2-5H,1H3,(H3,12,13,14);1H. The van der Waals surface area contributed by atoms with E-state index in [1.807, 2.05) is 0 Å². The molecule has 2 rings (SSSR count). The SMILES string of the molecule is Br.COc1c(F)cccc1-c1cc(N)n[nH]1. The molecule has 3 N–H and O–H groups in total. The number of para-hydroxylation sites is 1. The number of H-pyrrole nitrogens is 1. The van der Waals surface area contributed by atoms with Gasteiger partial charge in [0.25, 0.3) is 0 Å². The van der Waals surface area contributed by atoms with Crippen molar-refractivity contribution in [3.63, 3.8) is 0 Å². The third-order valence-electron chi connectivity index (χ3n) is 2.06. The fourth-order valence-electron chi connectivity index (χ4n) is 1.40. The van der Waals surface area contributed by atoms with Gasteiger partial charge in [-0.15, -0.1) is 17.0 Å². The number of nitrogens with one attached hydrogen (secondary N) is 1. The number of nitrogen functional groups attached to an aromatic ring is 1. The van der Waals surface area contributed by atoms with Gasteiger partial charge in [-0.05, 0) is 12.1 Å². The lowest BCUT2D eigenvalue weighted by molar-refractivity contribution is 0.388. The number of rotatable bonds is 2. The van der Waals surface area contributed by atoms with E-state index < -0.39 is 5.82 Å². The summed E-state index contributed by atoms with van der Waals surface area (Å²) in [4.78, 5) is 0. The minimum Gasteiger partial charge on any atom is -0.493 e. The van der Waals surface area contributed by atoms with E-state index in [1.54, 1.807) is 18.2 Å². The van der Waals surface area contributed by atoms with Gasteiger partial charge in [-0.1, -0.05) is 6.07 Å². The first-order valence-electron chi connectivity index (χ1n) is 4.36. The fourth-order valence-corrected chi connectivity index (χ4v) is 1.40. The molecule has 0 radical (unpaired) electrons. The lowest BCUT2D eigenvalue weighted by atomic mass is 10.1. The molecule has 1 heterocycles. The Kier molecular flexibility index (Phi) is 3.89. The zero-order valence-corrected chi connectivity index (χ0v) is 10.2. The van der Waals surface area contributed by atoms with E-state index in [2.05, 4.69) is 10.2 Å². The number of benzene rings is 1. The third-order valence-corrected chi connectivity index (χ3v) is 2.06. The van der Waals surface area contributed by atoms with Gasteiger partial charge < -0.3 is 10.5 Å². The van der Waals surface area contributed by atoms with Crippen molar-refractivity contribution in [2.24, 2.45) is 0 Å². The highest BCUT2D eigenvalue weighted by Gasteiger charge is 2.11. The van der Waals surface area contributed by atoms with Crippen LogP contribution in [0.4, 0.5) is 10.2 Å². The van der Waals surface area contributed by atoms with E-state index in [4.69, 9.17) is 10.5 Å². The van der Waals surface area contributed by atoms with Crippen LogP contribution in [0.25, 0.3) is 11.3 Å². The molecule has 1 aromatic carbocycles. The molecule has 2 aromatic rings. The molecule has 0 saturated carbocycles. The van der Waals surface area contributed by atoms with Gasteiger partial charge in [0, 0.05) is 11.6 Å². The van der Waals surface area contributed by atoms with Crippen LogP contribution in [0.5, 0.6) is 5.75 Å². The highest BCUT2D eigenvalue weighted by molar-refractivity contribution is 8.93. The van der Waals surface area contributed by atoms with Crippen LogP contribution in [0.2, 0.25) is 0 Å². The van der Waals surface area contributed by atoms with Crippen LogP contribution >= 0.6 is 17.0 Å². The molecule has 1 aromatic heterocycles. The summed E-state index contributed by atoms with van der Waals surface area (Å²) in [6, 6.07) is 6.29. The molecular formula is C10H11BrFN3O. The molecule has 4 nitrogen and oxygen atoms in total. The monoisotopic (exact) mass is 287 g/mol. The number of halogens is 2. The maximum absolute atomic E-state index is 13.4. The average Bonchev–Trinajstić information content (AvgIpc) is 2.64. The van der Waals surface area contributed by atoms with E-state index in [0.29, 0.717) is 17.1 Å². The molecule has 86 valence electrons. The number of nitrogens with two attached hydrogens (primary N) is 1. The quantitative estimate of drug-likeness (QED) is 0.891. The summed E-state index contributed by atoms with van der Waals surface area (Å²) in [7, 11) is 1.42. The lowest BCUT2D eigenvalue weighted by Crippen LogP contribution is -1.91. The van der Waals surface area contributed by atoms with Crippen LogP contribution in [0, 0.1) is 5.82 Å². The Hall–Kier alpha value is -1.56.